The molecule has 1 heterocycles. The fraction of sp³-hybridized carbons (Fsp3) is 0.370. The van der Waals surface area contributed by atoms with Crippen LogP contribution in [0.3, 0.4) is 0 Å². The SMILES string of the molecule is CC(C)(C)[Si](OCC12CC(Sc3ccccn3)(C1)C2)(c1ccccc1)c1ccccc1. The van der Waals surface area contributed by atoms with Crippen molar-refractivity contribution in [2.24, 2.45) is 5.41 Å². The van der Waals surface area contributed by atoms with Crippen molar-refractivity contribution in [3.8, 4) is 0 Å². The lowest BCUT2D eigenvalue weighted by atomic mass is 9.44. The zero-order valence-corrected chi connectivity index (χ0v) is 20.5. The molecule has 3 saturated carbocycles. The van der Waals surface area contributed by atoms with Crippen LogP contribution in [0.2, 0.25) is 5.04 Å². The van der Waals surface area contributed by atoms with E-state index in [1.165, 1.54) is 29.6 Å². The highest BCUT2D eigenvalue weighted by atomic mass is 32.2. The van der Waals surface area contributed by atoms with Crippen molar-refractivity contribution in [3.05, 3.63) is 85.1 Å². The average Bonchev–Trinajstić information content (AvgIpc) is 2.72. The number of thioether (sulfide) groups is 1. The van der Waals surface area contributed by atoms with Gasteiger partial charge in [-0.15, -0.1) is 0 Å². The summed E-state index contributed by atoms with van der Waals surface area (Å²) in [5.74, 6) is 0. The van der Waals surface area contributed by atoms with Gasteiger partial charge in [0.15, 0.2) is 0 Å². The minimum absolute atomic E-state index is 0.0413. The highest BCUT2D eigenvalue weighted by molar-refractivity contribution is 8.00. The third kappa shape index (κ3) is 3.59. The smallest absolute Gasteiger partial charge is 0.261 e. The summed E-state index contributed by atoms with van der Waals surface area (Å²) in [6.45, 7) is 7.95. The first-order chi connectivity index (χ1) is 14.9. The Balaban J connectivity index is 1.39. The Bertz CT molecular complexity index is 974. The van der Waals surface area contributed by atoms with Crippen molar-refractivity contribution < 1.29 is 4.43 Å². The number of rotatable bonds is 7. The molecule has 6 rings (SSSR count). The van der Waals surface area contributed by atoms with Crippen molar-refractivity contribution in [2.75, 3.05) is 6.61 Å². The minimum Gasteiger partial charge on any atom is -0.407 e. The molecule has 0 amide bonds. The van der Waals surface area contributed by atoms with E-state index in [9.17, 15) is 0 Å². The third-order valence-corrected chi connectivity index (χ3v) is 13.4. The molecule has 0 atom stereocenters. The molecule has 0 unspecified atom stereocenters. The van der Waals surface area contributed by atoms with E-state index in [0.29, 0.717) is 10.2 Å². The Kier molecular flexibility index (Phi) is 5.15. The van der Waals surface area contributed by atoms with Gasteiger partial charge in [-0.2, -0.15) is 0 Å². The zero-order chi connectivity index (χ0) is 21.6. The maximum Gasteiger partial charge on any atom is 0.261 e. The summed E-state index contributed by atoms with van der Waals surface area (Å²) in [7, 11) is -2.43. The molecular weight excluding hydrogens is 414 g/mol. The maximum absolute atomic E-state index is 7.22. The number of hydrogen-bond donors (Lipinski definition) is 0. The normalized spacial score (nSPS) is 24.9. The largest absolute Gasteiger partial charge is 0.407 e. The summed E-state index contributed by atoms with van der Waals surface area (Å²) >= 11 is 1.97. The lowest BCUT2D eigenvalue weighted by molar-refractivity contribution is -0.107. The molecular formula is C27H31NOSSi. The van der Waals surface area contributed by atoms with Gasteiger partial charge in [0.05, 0.1) is 5.03 Å². The van der Waals surface area contributed by atoms with E-state index in [4.69, 9.17) is 4.43 Å². The quantitative estimate of drug-likeness (QED) is 0.437. The second-order valence-electron chi connectivity index (χ2n) is 10.4. The highest BCUT2D eigenvalue weighted by Gasteiger charge is 2.69. The second-order valence-corrected chi connectivity index (χ2v) is 16.2. The van der Waals surface area contributed by atoms with Crippen molar-refractivity contribution in [1.82, 2.24) is 4.98 Å². The molecule has 0 spiro atoms. The predicted octanol–water partition coefficient (Wildman–Crippen LogP) is 5.67. The molecule has 0 aliphatic heterocycles. The predicted molar refractivity (Wildman–Crippen MR) is 133 cm³/mol. The van der Waals surface area contributed by atoms with Crippen LogP contribution in [-0.2, 0) is 4.43 Å². The Morgan fingerprint density at radius 1 is 0.839 bits per heavy atom. The van der Waals surface area contributed by atoms with Gasteiger partial charge in [-0.3, -0.25) is 0 Å². The van der Waals surface area contributed by atoms with Gasteiger partial charge in [-0.1, -0.05) is 99.3 Å². The summed E-state index contributed by atoms with van der Waals surface area (Å²) in [5, 5.41) is 3.94. The highest BCUT2D eigenvalue weighted by Crippen LogP contribution is 2.74. The lowest BCUT2D eigenvalue weighted by Crippen LogP contribution is -2.71. The molecule has 3 aliphatic carbocycles. The number of benzene rings is 2. The third-order valence-electron chi connectivity index (χ3n) is 7.06. The van der Waals surface area contributed by atoms with Gasteiger partial charge in [0.1, 0.15) is 0 Å². The molecule has 4 heteroatoms. The van der Waals surface area contributed by atoms with Gasteiger partial charge in [-0.25, -0.2) is 4.98 Å². The summed E-state index contributed by atoms with van der Waals surface area (Å²) in [6, 6.07) is 28.2. The molecule has 3 fully saturated rings. The molecule has 2 aromatic carbocycles. The Morgan fingerprint density at radius 2 is 1.39 bits per heavy atom. The molecule has 160 valence electrons. The van der Waals surface area contributed by atoms with Crippen LogP contribution in [0.4, 0.5) is 0 Å². The summed E-state index contributed by atoms with van der Waals surface area (Å²) in [6.07, 6.45) is 5.65. The monoisotopic (exact) mass is 445 g/mol. The van der Waals surface area contributed by atoms with Crippen molar-refractivity contribution in [3.63, 3.8) is 0 Å². The molecule has 2 nitrogen and oxygen atoms in total. The van der Waals surface area contributed by atoms with Gasteiger partial charge in [-0.05, 0) is 52.2 Å². The first-order valence-electron chi connectivity index (χ1n) is 11.2. The van der Waals surface area contributed by atoms with Gasteiger partial charge in [0.2, 0.25) is 0 Å². The van der Waals surface area contributed by atoms with Crippen LogP contribution in [0.15, 0.2) is 90.1 Å². The zero-order valence-electron chi connectivity index (χ0n) is 18.7. The summed E-state index contributed by atoms with van der Waals surface area (Å²) < 4.78 is 7.61. The van der Waals surface area contributed by atoms with Crippen LogP contribution < -0.4 is 10.4 Å². The Labute approximate surface area is 191 Å². The first-order valence-corrected chi connectivity index (χ1v) is 13.9. The van der Waals surface area contributed by atoms with Crippen molar-refractivity contribution in [2.45, 2.75) is 54.8 Å². The Hall–Kier alpha value is -1.88. The van der Waals surface area contributed by atoms with Gasteiger partial charge in [0.25, 0.3) is 8.32 Å². The van der Waals surface area contributed by atoms with Crippen LogP contribution in [0.1, 0.15) is 40.0 Å². The van der Waals surface area contributed by atoms with E-state index in [-0.39, 0.29) is 5.04 Å². The van der Waals surface area contributed by atoms with Crippen LogP contribution in [-0.4, -0.2) is 24.7 Å². The lowest BCUT2D eigenvalue weighted by Gasteiger charge is -2.70. The molecule has 31 heavy (non-hydrogen) atoms. The van der Waals surface area contributed by atoms with E-state index in [1.807, 2.05) is 24.0 Å². The van der Waals surface area contributed by atoms with E-state index >= 15 is 0 Å². The van der Waals surface area contributed by atoms with Crippen LogP contribution in [0.5, 0.6) is 0 Å². The summed E-state index contributed by atoms with van der Waals surface area (Å²) in [4.78, 5) is 4.53. The fourth-order valence-electron chi connectivity index (χ4n) is 5.81. The molecule has 3 aromatic rings. The standard InChI is InChI=1S/C27H31NOSSi/c1-25(2,3)31(22-12-6-4-7-13-22,23-14-8-5-9-15-23)29-21-26-18-27(19-26,20-26)30-24-16-10-11-17-28-24/h4-17H,18-21H2,1-3H3. The number of nitrogens with zero attached hydrogens (tertiary/aromatic N) is 1. The number of aromatic nitrogens is 1. The van der Waals surface area contributed by atoms with E-state index < -0.39 is 8.32 Å². The van der Waals surface area contributed by atoms with Crippen LogP contribution >= 0.6 is 11.8 Å². The van der Waals surface area contributed by atoms with Gasteiger partial charge >= 0.3 is 0 Å². The van der Waals surface area contributed by atoms with E-state index in [2.05, 4.69) is 98.6 Å². The van der Waals surface area contributed by atoms with Gasteiger partial charge in [0, 0.05) is 17.6 Å². The second kappa shape index (κ2) is 7.61. The molecule has 0 radical (unpaired) electrons. The number of pyridine rings is 1. The fourth-order valence-corrected chi connectivity index (χ4v) is 12.3. The van der Waals surface area contributed by atoms with Crippen LogP contribution in [0.25, 0.3) is 0 Å². The van der Waals surface area contributed by atoms with Crippen molar-refractivity contribution >= 4 is 30.5 Å². The molecule has 2 bridgehead atoms. The summed E-state index contributed by atoms with van der Waals surface area (Å²) in [5.41, 5.74) is 0.356. The Morgan fingerprint density at radius 3 is 1.87 bits per heavy atom. The first kappa shape index (κ1) is 21.0. The van der Waals surface area contributed by atoms with Crippen molar-refractivity contribution in [1.29, 1.82) is 0 Å². The van der Waals surface area contributed by atoms with E-state index in [0.717, 1.165) is 11.6 Å². The topological polar surface area (TPSA) is 22.1 Å². The maximum atomic E-state index is 7.22. The van der Waals surface area contributed by atoms with E-state index in [1.54, 1.807) is 0 Å². The molecule has 0 N–H and O–H groups in total. The molecule has 3 aliphatic rings. The molecule has 1 aromatic heterocycles. The average molecular weight is 446 g/mol. The minimum atomic E-state index is -2.43. The number of hydrogen-bond acceptors (Lipinski definition) is 3. The molecule has 0 saturated heterocycles. The van der Waals surface area contributed by atoms with Crippen LogP contribution in [0, 0.1) is 5.41 Å². The van der Waals surface area contributed by atoms with Gasteiger partial charge < -0.3 is 4.43 Å².